The number of carboxylic acids is 1. The van der Waals surface area contributed by atoms with E-state index in [4.69, 9.17) is 4.74 Å². The van der Waals surface area contributed by atoms with Crippen LogP contribution < -0.4 is 4.74 Å². The minimum atomic E-state index is -0.949. The van der Waals surface area contributed by atoms with Gasteiger partial charge in [-0.1, -0.05) is 32.0 Å². The summed E-state index contributed by atoms with van der Waals surface area (Å²) in [5.41, 5.74) is 3.51. The van der Waals surface area contributed by atoms with Gasteiger partial charge in [0, 0.05) is 10.9 Å². The number of rotatable bonds is 5. The highest BCUT2D eigenvalue weighted by molar-refractivity contribution is 6.04. The van der Waals surface area contributed by atoms with Gasteiger partial charge in [0.25, 0.3) is 0 Å². The predicted molar refractivity (Wildman–Crippen MR) is 99.4 cm³/mol. The van der Waals surface area contributed by atoms with Gasteiger partial charge in [0.05, 0.1) is 23.4 Å². The van der Waals surface area contributed by atoms with Crippen molar-refractivity contribution in [2.75, 3.05) is 6.61 Å². The van der Waals surface area contributed by atoms with Crippen LogP contribution in [0.5, 0.6) is 5.75 Å². The lowest BCUT2D eigenvalue weighted by Gasteiger charge is -2.11. The maximum atomic E-state index is 11.8. The molecule has 3 aromatic rings. The van der Waals surface area contributed by atoms with Gasteiger partial charge in [-0.15, -0.1) is 0 Å². The summed E-state index contributed by atoms with van der Waals surface area (Å²) in [6.45, 7) is 6.67. The third-order valence-corrected chi connectivity index (χ3v) is 4.17. The van der Waals surface area contributed by atoms with Gasteiger partial charge >= 0.3 is 5.97 Å². The predicted octanol–water partition coefficient (Wildman–Crippen LogP) is 5.12. The molecule has 0 amide bonds. The summed E-state index contributed by atoms with van der Waals surface area (Å²) in [4.78, 5) is 16.5. The molecule has 2 aromatic carbocycles. The number of pyridine rings is 1. The van der Waals surface area contributed by atoms with E-state index in [1.165, 1.54) is 0 Å². The van der Waals surface area contributed by atoms with E-state index in [9.17, 15) is 9.90 Å². The molecular weight excluding hydrogens is 314 g/mol. The number of fused-ring (bicyclic) bond motifs is 1. The van der Waals surface area contributed by atoms with Gasteiger partial charge in [0.2, 0.25) is 0 Å². The van der Waals surface area contributed by atoms with Gasteiger partial charge in [-0.2, -0.15) is 0 Å². The van der Waals surface area contributed by atoms with Gasteiger partial charge in [-0.3, -0.25) is 0 Å². The maximum absolute atomic E-state index is 11.8. The zero-order valence-electron chi connectivity index (χ0n) is 14.6. The quantitative estimate of drug-likeness (QED) is 0.703. The Hall–Kier alpha value is -2.88. The van der Waals surface area contributed by atoms with Crippen molar-refractivity contribution < 1.29 is 14.6 Å². The van der Waals surface area contributed by atoms with Crippen molar-refractivity contribution in [1.82, 2.24) is 4.98 Å². The topological polar surface area (TPSA) is 59.4 Å². The summed E-state index contributed by atoms with van der Waals surface area (Å²) in [6, 6.07) is 15.0. The number of benzene rings is 2. The number of aromatic nitrogens is 1. The smallest absolute Gasteiger partial charge is 0.336 e. The van der Waals surface area contributed by atoms with Gasteiger partial charge < -0.3 is 9.84 Å². The zero-order valence-corrected chi connectivity index (χ0v) is 14.6. The van der Waals surface area contributed by atoms with Crippen molar-refractivity contribution in [3.05, 3.63) is 59.7 Å². The second-order valence-corrected chi connectivity index (χ2v) is 6.25. The van der Waals surface area contributed by atoms with Crippen molar-refractivity contribution in [3.8, 4) is 17.0 Å². The highest BCUT2D eigenvalue weighted by Gasteiger charge is 2.14. The molecule has 1 N–H and O–H groups in total. The van der Waals surface area contributed by atoms with Crippen LogP contribution in [-0.2, 0) is 0 Å². The molecule has 0 unspecified atom stereocenters. The Balaban J connectivity index is 2.19. The van der Waals surface area contributed by atoms with E-state index in [1.807, 2.05) is 49.4 Å². The third-order valence-electron chi connectivity index (χ3n) is 4.17. The average molecular weight is 335 g/mol. The van der Waals surface area contributed by atoms with Crippen LogP contribution in [0.1, 0.15) is 42.6 Å². The van der Waals surface area contributed by atoms with Crippen LogP contribution in [0.15, 0.2) is 48.5 Å². The molecule has 4 heteroatoms. The SMILES string of the molecule is CCOc1cccc(-c2cc(C(=O)O)c3cc(C(C)C)ccc3n2)c1. The monoisotopic (exact) mass is 335 g/mol. The number of nitrogens with zero attached hydrogens (tertiary/aromatic N) is 1. The Morgan fingerprint density at radius 1 is 1.16 bits per heavy atom. The lowest BCUT2D eigenvalue weighted by atomic mass is 9.97. The van der Waals surface area contributed by atoms with Gasteiger partial charge in [0.15, 0.2) is 0 Å². The number of aromatic carboxylic acids is 1. The van der Waals surface area contributed by atoms with E-state index in [-0.39, 0.29) is 5.56 Å². The minimum absolute atomic E-state index is 0.268. The van der Waals surface area contributed by atoms with E-state index in [0.29, 0.717) is 29.1 Å². The first-order chi connectivity index (χ1) is 12.0. The van der Waals surface area contributed by atoms with Crippen LogP contribution in [0.3, 0.4) is 0 Å². The Kier molecular flexibility index (Phi) is 4.70. The van der Waals surface area contributed by atoms with Gasteiger partial charge in [-0.05, 0) is 48.7 Å². The zero-order chi connectivity index (χ0) is 18.0. The van der Waals surface area contributed by atoms with E-state index in [1.54, 1.807) is 6.07 Å². The van der Waals surface area contributed by atoms with Crippen molar-refractivity contribution in [3.63, 3.8) is 0 Å². The molecule has 0 aliphatic rings. The molecule has 0 aliphatic heterocycles. The number of hydrogen-bond acceptors (Lipinski definition) is 3. The standard InChI is InChI=1S/C21H21NO3/c1-4-25-16-7-5-6-15(10-16)20-12-18(21(23)24)17-11-14(13(2)3)8-9-19(17)22-20/h5-13H,4H2,1-3H3,(H,23,24). The molecule has 1 heterocycles. The average Bonchev–Trinajstić information content (AvgIpc) is 2.60. The van der Waals surface area contributed by atoms with Crippen LogP contribution in [0.25, 0.3) is 22.2 Å². The lowest BCUT2D eigenvalue weighted by molar-refractivity contribution is 0.0699. The van der Waals surface area contributed by atoms with E-state index in [2.05, 4.69) is 18.8 Å². The van der Waals surface area contributed by atoms with E-state index in [0.717, 1.165) is 16.9 Å². The fraction of sp³-hybridized carbons (Fsp3) is 0.238. The molecule has 0 fully saturated rings. The third kappa shape index (κ3) is 3.48. The van der Waals surface area contributed by atoms with Gasteiger partial charge in [-0.25, -0.2) is 9.78 Å². The first-order valence-electron chi connectivity index (χ1n) is 8.40. The fourth-order valence-corrected chi connectivity index (χ4v) is 2.84. The molecule has 0 radical (unpaired) electrons. The molecule has 0 bridgehead atoms. The van der Waals surface area contributed by atoms with Crippen LogP contribution in [0.2, 0.25) is 0 Å². The second-order valence-electron chi connectivity index (χ2n) is 6.25. The number of hydrogen-bond donors (Lipinski definition) is 1. The number of ether oxygens (including phenoxy) is 1. The summed E-state index contributed by atoms with van der Waals surface area (Å²) < 4.78 is 5.53. The summed E-state index contributed by atoms with van der Waals surface area (Å²) in [6.07, 6.45) is 0. The molecule has 3 rings (SSSR count). The first kappa shape index (κ1) is 17.0. The van der Waals surface area contributed by atoms with Crippen LogP contribution in [0.4, 0.5) is 0 Å². The fourth-order valence-electron chi connectivity index (χ4n) is 2.84. The molecule has 1 aromatic heterocycles. The highest BCUT2D eigenvalue weighted by atomic mass is 16.5. The van der Waals surface area contributed by atoms with Crippen molar-refractivity contribution in [2.45, 2.75) is 26.7 Å². The molecule has 0 saturated carbocycles. The first-order valence-corrected chi connectivity index (χ1v) is 8.40. The van der Waals surface area contributed by atoms with Crippen LogP contribution >= 0.6 is 0 Å². The summed E-state index contributed by atoms with van der Waals surface area (Å²) in [7, 11) is 0. The molecule has 0 spiro atoms. The number of carboxylic acid groups (broad SMARTS) is 1. The highest BCUT2D eigenvalue weighted by Crippen LogP contribution is 2.29. The van der Waals surface area contributed by atoms with E-state index >= 15 is 0 Å². The molecule has 0 aliphatic carbocycles. The molecule has 128 valence electrons. The summed E-state index contributed by atoms with van der Waals surface area (Å²) >= 11 is 0. The van der Waals surface area contributed by atoms with Gasteiger partial charge in [0.1, 0.15) is 5.75 Å². The lowest BCUT2D eigenvalue weighted by Crippen LogP contribution is -2.01. The summed E-state index contributed by atoms with van der Waals surface area (Å²) in [5, 5.41) is 10.3. The Bertz CT molecular complexity index is 932. The van der Waals surface area contributed by atoms with E-state index < -0.39 is 5.97 Å². The van der Waals surface area contributed by atoms with Crippen molar-refractivity contribution in [2.24, 2.45) is 0 Å². The molecule has 25 heavy (non-hydrogen) atoms. The normalized spacial score (nSPS) is 11.0. The Morgan fingerprint density at radius 3 is 2.64 bits per heavy atom. The number of carbonyl (C=O) groups is 1. The Labute approximate surface area is 147 Å². The molecule has 4 nitrogen and oxygen atoms in total. The second kappa shape index (κ2) is 6.93. The largest absolute Gasteiger partial charge is 0.494 e. The minimum Gasteiger partial charge on any atom is -0.494 e. The summed E-state index contributed by atoms with van der Waals surface area (Å²) in [5.74, 6) is 0.123. The molecular formula is C21H21NO3. The van der Waals surface area contributed by atoms with Crippen LogP contribution in [-0.4, -0.2) is 22.7 Å². The maximum Gasteiger partial charge on any atom is 0.336 e. The van der Waals surface area contributed by atoms with Crippen molar-refractivity contribution >= 4 is 16.9 Å². The van der Waals surface area contributed by atoms with Crippen molar-refractivity contribution in [1.29, 1.82) is 0 Å². The van der Waals surface area contributed by atoms with Crippen LogP contribution in [0, 0.1) is 0 Å². The molecule has 0 saturated heterocycles. The molecule has 0 atom stereocenters. The Morgan fingerprint density at radius 2 is 1.96 bits per heavy atom.